The molecule has 98 valence electrons. The van der Waals surface area contributed by atoms with Gasteiger partial charge in [0.15, 0.2) is 5.84 Å². The largest absolute Gasteiger partial charge is 0.409 e. The maximum Gasteiger partial charge on any atom is 0.170 e. The van der Waals surface area contributed by atoms with Crippen molar-refractivity contribution in [3.05, 3.63) is 59.2 Å². The van der Waals surface area contributed by atoms with Crippen LogP contribution in [0.2, 0.25) is 0 Å². The van der Waals surface area contributed by atoms with Gasteiger partial charge in [-0.05, 0) is 37.6 Å². The first-order valence-corrected chi connectivity index (χ1v) is 6.75. The van der Waals surface area contributed by atoms with E-state index in [1.165, 1.54) is 16.0 Å². The molecule has 0 spiro atoms. The Morgan fingerprint density at radius 1 is 1.11 bits per heavy atom. The van der Waals surface area contributed by atoms with Crippen LogP contribution in [0.3, 0.4) is 0 Å². The van der Waals surface area contributed by atoms with E-state index >= 15 is 0 Å². The van der Waals surface area contributed by atoms with E-state index in [9.17, 15) is 0 Å². The van der Waals surface area contributed by atoms with E-state index in [2.05, 4.69) is 37.2 Å². The minimum Gasteiger partial charge on any atom is -0.409 e. The maximum atomic E-state index is 8.61. The summed E-state index contributed by atoms with van der Waals surface area (Å²) in [6.45, 7) is 4.20. The Labute approximate surface area is 117 Å². The first-order chi connectivity index (χ1) is 9.10. The number of hydrogen-bond acceptors (Lipinski definition) is 3. The number of oxime groups is 1. The second-order valence-corrected chi connectivity index (χ2v) is 5.50. The third-order valence-electron chi connectivity index (χ3n) is 2.82. The van der Waals surface area contributed by atoms with Gasteiger partial charge in [-0.3, -0.25) is 0 Å². The molecule has 0 bridgehead atoms. The summed E-state index contributed by atoms with van der Waals surface area (Å²) in [5.41, 5.74) is 8.78. The number of nitrogens with zero attached hydrogens (tertiary/aromatic N) is 1. The summed E-state index contributed by atoms with van der Waals surface area (Å²) in [7, 11) is 0. The predicted molar refractivity (Wildman–Crippen MR) is 79.0 cm³/mol. The first kappa shape index (κ1) is 13.5. The summed E-state index contributed by atoms with van der Waals surface area (Å²) in [6.07, 6.45) is 0. The van der Waals surface area contributed by atoms with Crippen LogP contribution < -0.4 is 5.73 Å². The van der Waals surface area contributed by atoms with E-state index in [-0.39, 0.29) is 5.84 Å². The maximum absolute atomic E-state index is 8.61. The molecule has 2 aromatic carbocycles. The lowest BCUT2D eigenvalue weighted by Gasteiger charge is -2.07. The third kappa shape index (κ3) is 3.29. The van der Waals surface area contributed by atoms with Gasteiger partial charge < -0.3 is 10.9 Å². The molecule has 0 aliphatic heterocycles. The topological polar surface area (TPSA) is 58.6 Å². The molecule has 0 fully saturated rings. The fourth-order valence-corrected chi connectivity index (χ4v) is 2.67. The molecular formula is C15H16N2OS. The van der Waals surface area contributed by atoms with E-state index in [0.717, 1.165) is 4.90 Å². The minimum atomic E-state index is 0.128. The summed E-state index contributed by atoms with van der Waals surface area (Å²) < 4.78 is 0. The molecule has 0 unspecified atom stereocenters. The fraction of sp³-hybridized carbons (Fsp3) is 0.133. The molecular weight excluding hydrogens is 256 g/mol. The summed E-state index contributed by atoms with van der Waals surface area (Å²) >= 11 is 1.71. The molecule has 4 heteroatoms. The van der Waals surface area contributed by atoms with Crippen molar-refractivity contribution < 1.29 is 5.21 Å². The molecule has 0 atom stereocenters. The molecule has 0 radical (unpaired) electrons. The molecule has 0 saturated carbocycles. The van der Waals surface area contributed by atoms with Gasteiger partial charge in [-0.2, -0.15) is 0 Å². The molecule has 2 aromatic rings. The number of amidine groups is 1. The Morgan fingerprint density at radius 2 is 1.79 bits per heavy atom. The highest BCUT2D eigenvalue weighted by molar-refractivity contribution is 7.99. The predicted octanol–water partition coefficient (Wildman–Crippen LogP) is 3.55. The Balaban J connectivity index is 2.20. The quantitative estimate of drug-likeness (QED) is 0.389. The number of hydrogen-bond donors (Lipinski definition) is 2. The zero-order chi connectivity index (χ0) is 13.8. The lowest BCUT2D eigenvalue weighted by atomic mass is 10.2. The van der Waals surface area contributed by atoms with Crippen molar-refractivity contribution >= 4 is 17.6 Å². The van der Waals surface area contributed by atoms with Crippen LogP contribution in [-0.4, -0.2) is 11.0 Å². The standard InChI is InChI=1S/C15H16N2OS/c1-10-3-8-14(11(2)9-10)19-13-6-4-12(5-7-13)15(16)17-18/h3-9,18H,1-2H3,(H2,16,17). The van der Waals surface area contributed by atoms with Gasteiger partial charge in [-0.1, -0.05) is 46.7 Å². The van der Waals surface area contributed by atoms with Crippen LogP contribution in [0.4, 0.5) is 0 Å². The van der Waals surface area contributed by atoms with Crippen LogP contribution in [0.25, 0.3) is 0 Å². The average Bonchev–Trinajstić information content (AvgIpc) is 2.42. The highest BCUT2D eigenvalue weighted by Gasteiger charge is 2.03. The Hall–Kier alpha value is -1.94. The third-order valence-corrected chi connectivity index (χ3v) is 4.00. The minimum absolute atomic E-state index is 0.128. The van der Waals surface area contributed by atoms with Crippen molar-refractivity contribution in [1.82, 2.24) is 0 Å². The van der Waals surface area contributed by atoms with Gasteiger partial charge in [0.25, 0.3) is 0 Å². The van der Waals surface area contributed by atoms with Gasteiger partial charge in [0, 0.05) is 15.4 Å². The summed E-state index contributed by atoms with van der Waals surface area (Å²) in [5, 5.41) is 11.6. The fourth-order valence-electron chi connectivity index (χ4n) is 1.79. The van der Waals surface area contributed by atoms with Crippen molar-refractivity contribution in [2.24, 2.45) is 10.9 Å². The van der Waals surface area contributed by atoms with Crippen LogP contribution in [0.5, 0.6) is 0 Å². The van der Waals surface area contributed by atoms with Gasteiger partial charge in [0.05, 0.1) is 0 Å². The van der Waals surface area contributed by atoms with E-state index in [1.54, 1.807) is 11.8 Å². The molecule has 2 rings (SSSR count). The van der Waals surface area contributed by atoms with E-state index < -0.39 is 0 Å². The lowest BCUT2D eigenvalue weighted by Crippen LogP contribution is -2.12. The zero-order valence-corrected chi connectivity index (χ0v) is 11.7. The van der Waals surface area contributed by atoms with Crippen molar-refractivity contribution in [3.8, 4) is 0 Å². The van der Waals surface area contributed by atoms with E-state index in [0.29, 0.717) is 5.56 Å². The zero-order valence-electron chi connectivity index (χ0n) is 10.9. The molecule has 3 N–H and O–H groups in total. The van der Waals surface area contributed by atoms with Crippen molar-refractivity contribution in [3.63, 3.8) is 0 Å². The highest BCUT2D eigenvalue weighted by atomic mass is 32.2. The molecule has 0 saturated heterocycles. The number of nitrogens with two attached hydrogens (primary N) is 1. The van der Waals surface area contributed by atoms with Gasteiger partial charge in [0.1, 0.15) is 0 Å². The number of benzene rings is 2. The van der Waals surface area contributed by atoms with Crippen LogP contribution in [0, 0.1) is 13.8 Å². The summed E-state index contributed by atoms with van der Waals surface area (Å²) in [6, 6.07) is 14.1. The molecule has 0 amide bonds. The molecule has 3 nitrogen and oxygen atoms in total. The SMILES string of the molecule is Cc1ccc(Sc2ccc(/C(N)=N/O)cc2)c(C)c1. The van der Waals surface area contributed by atoms with Crippen LogP contribution in [0.1, 0.15) is 16.7 Å². The van der Waals surface area contributed by atoms with Gasteiger partial charge >= 0.3 is 0 Å². The average molecular weight is 272 g/mol. The Morgan fingerprint density at radius 3 is 2.37 bits per heavy atom. The molecule has 0 aliphatic rings. The number of aryl methyl sites for hydroxylation is 2. The smallest absolute Gasteiger partial charge is 0.170 e. The molecule has 0 aromatic heterocycles. The van der Waals surface area contributed by atoms with Crippen LogP contribution in [-0.2, 0) is 0 Å². The molecule has 19 heavy (non-hydrogen) atoms. The molecule has 0 heterocycles. The first-order valence-electron chi connectivity index (χ1n) is 5.93. The van der Waals surface area contributed by atoms with Gasteiger partial charge in [0.2, 0.25) is 0 Å². The number of rotatable bonds is 3. The second kappa shape index (κ2) is 5.80. The Bertz CT molecular complexity index is 606. The van der Waals surface area contributed by atoms with E-state index in [4.69, 9.17) is 10.9 Å². The van der Waals surface area contributed by atoms with Gasteiger partial charge in [-0.25, -0.2) is 0 Å². The second-order valence-electron chi connectivity index (χ2n) is 4.38. The van der Waals surface area contributed by atoms with Crippen molar-refractivity contribution in [1.29, 1.82) is 0 Å². The lowest BCUT2D eigenvalue weighted by molar-refractivity contribution is 0.318. The van der Waals surface area contributed by atoms with Crippen molar-refractivity contribution in [2.75, 3.05) is 0 Å². The van der Waals surface area contributed by atoms with E-state index in [1.807, 2.05) is 24.3 Å². The Kier molecular flexibility index (Phi) is 4.12. The monoisotopic (exact) mass is 272 g/mol. The summed E-state index contributed by atoms with van der Waals surface area (Å²) in [4.78, 5) is 2.36. The molecule has 0 aliphatic carbocycles. The summed E-state index contributed by atoms with van der Waals surface area (Å²) in [5.74, 6) is 0.128. The van der Waals surface area contributed by atoms with Crippen LogP contribution >= 0.6 is 11.8 Å². The highest BCUT2D eigenvalue weighted by Crippen LogP contribution is 2.30. The van der Waals surface area contributed by atoms with Gasteiger partial charge in [-0.15, -0.1) is 0 Å². The van der Waals surface area contributed by atoms with Crippen LogP contribution in [0.15, 0.2) is 57.4 Å². The normalized spacial score (nSPS) is 11.6. The van der Waals surface area contributed by atoms with Crippen molar-refractivity contribution in [2.45, 2.75) is 23.6 Å².